The van der Waals surface area contributed by atoms with Crippen molar-refractivity contribution in [1.29, 1.82) is 5.26 Å². The number of carbonyl (C=O) groups excluding carboxylic acids is 1. The Kier molecular flexibility index (Phi) is 3.64. The summed E-state index contributed by atoms with van der Waals surface area (Å²) < 4.78 is 39.2. The number of amides is 1. The Morgan fingerprint density at radius 1 is 1.19 bits per heavy atom. The minimum absolute atomic E-state index is 0.284. The number of carbonyl (C=O) groups is 2. The van der Waals surface area contributed by atoms with Gasteiger partial charge >= 0.3 is 12.1 Å². The fourth-order valence-corrected chi connectivity index (χ4v) is 3.17. The van der Waals surface area contributed by atoms with E-state index in [-0.39, 0.29) is 6.54 Å². The Bertz CT molecular complexity index is 506. The van der Waals surface area contributed by atoms with Gasteiger partial charge in [-0.2, -0.15) is 18.4 Å². The van der Waals surface area contributed by atoms with E-state index in [0.717, 1.165) is 4.90 Å². The minimum Gasteiger partial charge on any atom is -0.481 e. The monoisotopic (exact) mass is 304 g/mol. The van der Waals surface area contributed by atoms with E-state index in [2.05, 4.69) is 0 Å². The molecule has 0 aromatic heterocycles. The molecule has 8 heteroatoms. The summed E-state index contributed by atoms with van der Waals surface area (Å²) in [6.07, 6.45) is -3.59. The second-order valence-electron chi connectivity index (χ2n) is 5.76. The molecule has 1 aliphatic carbocycles. The van der Waals surface area contributed by atoms with Crippen LogP contribution in [0.15, 0.2) is 0 Å². The molecule has 0 aromatic rings. The fraction of sp³-hybridized carbons (Fsp3) is 0.769. The molecule has 0 radical (unpaired) electrons. The quantitative estimate of drug-likeness (QED) is 0.845. The third kappa shape index (κ3) is 2.24. The third-order valence-corrected chi connectivity index (χ3v) is 4.59. The van der Waals surface area contributed by atoms with E-state index >= 15 is 0 Å². The van der Waals surface area contributed by atoms with Crippen LogP contribution >= 0.6 is 0 Å². The molecule has 21 heavy (non-hydrogen) atoms. The van der Waals surface area contributed by atoms with Gasteiger partial charge in [-0.1, -0.05) is 12.8 Å². The van der Waals surface area contributed by atoms with E-state index in [1.807, 2.05) is 6.07 Å². The second-order valence-corrected chi connectivity index (χ2v) is 5.76. The summed E-state index contributed by atoms with van der Waals surface area (Å²) in [5.41, 5.74) is -4.20. The van der Waals surface area contributed by atoms with Crippen LogP contribution in [-0.4, -0.2) is 41.1 Å². The van der Waals surface area contributed by atoms with E-state index in [4.69, 9.17) is 5.11 Å². The summed E-state index contributed by atoms with van der Waals surface area (Å²) in [5, 5.41) is 18.2. The highest BCUT2D eigenvalue weighted by Gasteiger charge is 2.65. The maximum absolute atomic E-state index is 13.1. The molecule has 0 bridgehead atoms. The molecule has 0 unspecified atom stereocenters. The van der Waals surface area contributed by atoms with Gasteiger partial charge in [0.05, 0.1) is 6.07 Å². The summed E-state index contributed by atoms with van der Waals surface area (Å²) >= 11 is 0. The number of rotatable bonds is 2. The van der Waals surface area contributed by atoms with E-state index < -0.39 is 41.8 Å². The largest absolute Gasteiger partial charge is 0.481 e. The highest BCUT2D eigenvalue weighted by molar-refractivity contribution is 5.87. The molecule has 0 aromatic carbocycles. The smallest absolute Gasteiger partial charge is 0.406 e. The van der Waals surface area contributed by atoms with Gasteiger partial charge in [-0.15, -0.1) is 0 Å². The summed E-state index contributed by atoms with van der Waals surface area (Å²) in [7, 11) is 0. The molecule has 1 atom stereocenters. The van der Waals surface area contributed by atoms with Crippen LogP contribution in [-0.2, 0) is 9.59 Å². The van der Waals surface area contributed by atoms with Crippen molar-refractivity contribution in [3.63, 3.8) is 0 Å². The van der Waals surface area contributed by atoms with Crippen molar-refractivity contribution in [2.45, 2.75) is 38.3 Å². The highest BCUT2D eigenvalue weighted by Crippen LogP contribution is 2.48. The summed E-state index contributed by atoms with van der Waals surface area (Å²) in [6, 6.07) is 1.93. The lowest BCUT2D eigenvalue weighted by Crippen LogP contribution is -2.49. The lowest BCUT2D eigenvalue weighted by molar-refractivity contribution is -0.227. The van der Waals surface area contributed by atoms with Crippen LogP contribution in [0, 0.1) is 22.2 Å². The standard InChI is InChI=1S/C13H15F3N2O3/c14-13(15,16)12(10(20)21)5-6-18(8-12)9(19)11(7-17)3-1-2-4-11/h1-6,8H2,(H,20,21)/t12-/m1/s1. The minimum atomic E-state index is -4.93. The fourth-order valence-electron chi connectivity index (χ4n) is 3.17. The number of halogens is 3. The number of carboxylic acids is 1. The van der Waals surface area contributed by atoms with E-state index in [0.29, 0.717) is 25.7 Å². The Hall–Kier alpha value is -1.78. The van der Waals surface area contributed by atoms with Crippen LogP contribution in [0.2, 0.25) is 0 Å². The zero-order chi connectivity index (χ0) is 15.9. The van der Waals surface area contributed by atoms with Gasteiger partial charge < -0.3 is 10.0 Å². The molecule has 0 spiro atoms. The van der Waals surface area contributed by atoms with Gasteiger partial charge in [-0.3, -0.25) is 9.59 Å². The molecule has 1 aliphatic heterocycles. The molecule has 2 fully saturated rings. The number of nitriles is 1. The average molecular weight is 304 g/mol. The first-order chi connectivity index (χ1) is 9.68. The van der Waals surface area contributed by atoms with Gasteiger partial charge in [0.15, 0.2) is 5.41 Å². The van der Waals surface area contributed by atoms with Crippen LogP contribution in [0.3, 0.4) is 0 Å². The van der Waals surface area contributed by atoms with Crippen molar-refractivity contribution >= 4 is 11.9 Å². The second kappa shape index (κ2) is 4.90. The van der Waals surface area contributed by atoms with Crippen molar-refractivity contribution in [3.05, 3.63) is 0 Å². The zero-order valence-electron chi connectivity index (χ0n) is 11.2. The Morgan fingerprint density at radius 3 is 2.14 bits per heavy atom. The third-order valence-electron chi connectivity index (χ3n) is 4.59. The van der Waals surface area contributed by atoms with Gasteiger partial charge in [0.1, 0.15) is 5.41 Å². The van der Waals surface area contributed by atoms with Gasteiger partial charge in [0.2, 0.25) is 5.91 Å². The lowest BCUT2D eigenvalue weighted by Gasteiger charge is -2.30. The van der Waals surface area contributed by atoms with Crippen LogP contribution in [0.1, 0.15) is 32.1 Å². The molecule has 2 aliphatic rings. The van der Waals surface area contributed by atoms with Gasteiger partial charge in [-0.25, -0.2) is 0 Å². The van der Waals surface area contributed by atoms with Crippen molar-refractivity contribution in [2.24, 2.45) is 10.8 Å². The number of likely N-dealkylation sites (tertiary alicyclic amines) is 1. The van der Waals surface area contributed by atoms with E-state index in [9.17, 15) is 28.0 Å². The van der Waals surface area contributed by atoms with Crippen molar-refractivity contribution in [1.82, 2.24) is 4.90 Å². The number of carboxylic acid groups (broad SMARTS) is 1. The first-order valence-corrected chi connectivity index (χ1v) is 6.69. The molecular formula is C13H15F3N2O3. The Balaban J connectivity index is 2.24. The first kappa shape index (κ1) is 15.6. The van der Waals surface area contributed by atoms with Gasteiger partial charge in [0.25, 0.3) is 0 Å². The molecule has 1 amide bonds. The molecular weight excluding hydrogens is 289 g/mol. The molecule has 1 saturated heterocycles. The number of hydrogen-bond acceptors (Lipinski definition) is 3. The van der Waals surface area contributed by atoms with Crippen LogP contribution in [0.5, 0.6) is 0 Å². The number of alkyl halides is 3. The maximum atomic E-state index is 13.1. The SMILES string of the molecule is N#CC1(C(=O)N2CC[C@@](C(=O)O)(C(F)(F)F)C2)CCCC1. The normalized spacial score (nSPS) is 28.4. The molecule has 1 saturated carbocycles. The summed E-state index contributed by atoms with van der Waals surface area (Å²) in [4.78, 5) is 24.4. The van der Waals surface area contributed by atoms with Crippen molar-refractivity contribution in [2.75, 3.05) is 13.1 Å². The number of hydrogen-bond donors (Lipinski definition) is 1. The molecule has 2 rings (SSSR count). The van der Waals surface area contributed by atoms with Crippen LogP contribution < -0.4 is 0 Å². The zero-order valence-corrected chi connectivity index (χ0v) is 11.2. The highest BCUT2D eigenvalue weighted by atomic mass is 19.4. The predicted molar refractivity (Wildman–Crippen MR) is 63.8 cm³/mol. The number of aliphatic carboxylic acids is 1. The molecule has 1 heterocycles. The number of nitrogens with zero attached hydrogens (tertiary/aromatic N) is 2. The Labute approximate surface area is 119 Å². The van der Waals surface area contributed by atoms with E-state index in [1.165, 1.54) is 0 Å². The summed E-state index contributed by atoms with van der Waals surface area (Å²) in [6.45, 7) is -1.19. The lowest BCUT2D eigenvalue weighted by atomic mass is 9.85. The van der Waals surface area contributed by atoms with Gasteiger partial charge in [0, 0.05) is 13.1 Å². The van der Waals surface area contributed by atoms with Crippen LogP contribution in [0.4, 0.5) is 13.2 Å². The molecule has 116 valence electrons. The predicted octanol–water partition coefficient (Wildman–Crippen LogP) is 1.94. The van der Waals surface area contributed by atoms with E-state index in [1.54, 1.807) is 0 Å². The van der Waals surface area contributed by atoms with Crippen molar-refractivity contribution < 1.29 is 27.9 Å². The summed E-state index contributed by atoms with van der Waals surface area (Å²) in [5.74, 6) is -2.63. The molecule has 5 nitrogen and oxygen atoms in total. The van der Waals surface area contributed by atoms with Crippen LogP contribution in [0.25, 0.3) is 0 Å². The topological polar surface area (TPSA) is 81.4 Å². The van der Waals surface area contributed by atoms with Crippen molar-refractivity contribution in [3.8, 4) is 6.07 Å². The maximum Gasteiger partial charge on any atom is 0.406 e. The first-order valence-electron chi connectivity index (χ1n) is 6.69. The molecule has 1 N–H and O–H groups in total. The average Bonchev–Trinajstić information content (AvgIpc) is 3.05. The Morgan fingerprint density at radius 2 is 1.76 bits per heavy atom. The van der Waals surface area contributed by atoms with Gasteiger partial charge in [-0.05, 0) is 19.3 Å².